The van der Waals surface area contributed by atoms with Crippen LogP contribution in [-0.4, -0.2) is 16.1 Å². The van der Waals surface area contributed by atoms with Gasteiger partial charge in [-0.2, -0.15) is 5.10 Å². The van der Waals surface area contributed by atoms with Gasteiger partial charge in [0, 0.05) is 23.6 Å². The van der Waals surface area contributed by atoms with Gasteiger partial charge >= 0.3 is 0 Å². The molecule has 0 spiro atoms. The number of aryl methyl sites for hydroxylation is 1. The Balaban J connectivity index is 1.78. The number of benzene rings is 1. The Morgan fingerprint density at radius 2 is 1.95 bits per heavy atom. The molecule has 0 saturated carbocycles. The molecule has 0 aliphatic carbocycles. The summed E-state index contributed by atoms with van der Waals surface area (Å²) in [5.74, 6) is 0.613. The molecule has 2 rings (SSSR count). The Labute approximate surface area is 126 Å². The van der Waals surface area contributed by atoms with E-state index in [0.29, 0.717) is 12.2 Å². The maximum atomic E-state index is 11.9. The predicted octanol–water partition coefficient (Wildman–Crippen LogP) is 3.67. The third kappa shape index (κ3) is 4.74. The average Bonchev–Trinajstić information content (AvgIpc) is 2.88. The first-order chi connectivity index (χ1) is 9.95. The molecule has 0 saturated heterocycles. The van der Waals surface area contributed by atoms with E-state index in [4.69, 9.17) is 0 Å². The van der Waals surface area contributed by atoms with Crippen LogP contribution in [0.4, 0.5) is 5.82 Å². The van der Waals surface area contributed by atoms with Gasteiger partial charge in [0.15, 0.2) is 5.82 Å². The quantitative estimate of drug-likeness (QED) is 0.880. The Morgan fingerprint density at radius 3 is 2.57 bits per heavy atom. The molecule has 1 amide bonds. The van der Waals surface area contributed by atoms with E-state index in [1.165, 1.54) is 5.56 Å². The molecule has 1 aromatic carbocycles. The summed E-state index contributed by atoms with van der Waals surface area (Å²) in [5.41, 5.74) is 2.28. The van der Waals surface area contributed by atoms with Crippen molar-refractivity contribution in [3.05, 3.63) is 47.7 Å². The van der Waals surface area contributed by atoms with Gasteiger partial charge < -0.3 is 5.32 Å². The zero-order chi connectivity index (χ0) is 15.3. The summed E-state index contributed by atoms with van der Waals surface area (Å²) in [6.07, 6.45) is 2.26. The van der Waals surface area contributed by atoms with Gasteiger partial charge in [-0.3, -0.25) is 9.89 Å². The van der Waals surface area contributed by atoms with Crippen LogP contribution in [0.3, 0.4) is 0 Å². The first-order valence-corrected chi connectivity index (χ1v) is 7.35. The number of rotatable bonds is 5. The van der Waals surface area contributed by atoms with Crippen molar-refractivity contribution in [1.29, 1.82) is 0 Å². The second-order valence-electron chi connectivity index (χ2n) is 6.30. The molecule has 0 fully saturated rings. The van der Waals surface area contributed by atoms with E-state index in [2.05, 4.69) is 48.4 Å². The summed E-state index contributed by atoms with van der Waals surface area (Å²) in [6, 6.07) is 12.1. The van der Waals surface area contributed by atoms with Gasteiger partial charge in [0.05, 0.1) is 0 Å². The standard InChI is InChI=1S/C17H23N3O/c1-17(2,3)14-12-15(20-19-14)18-16(21)11-7-10-13-8-5-4-6-9-13/h4-6,8-9,12H,7,10-11H2,1-3H3,(H2,18,19,20,21). The molecule has 1 heterocycles. The van der Waals surface area contributed by atoms with Crippen molar-refractivity contribution in [2.24, 2.45) is 0 Å². The van der Waals surface area contributed by atoms with Crippen molar-refractivity contribution in [2.75, 3.05) is 5.32 Å². The summed E-state index contributed by atoms with van der Waals surface area (Å²) in [6.45, 7) is 6.31. The van der Waals surface area contributed by atoms with E-state index in [9.17, 15) is 4.79 Å². The zero-order valence-electron chi connectivity index (χ0n) is 12.9. The monoisotopic (exact) mass is 285 g/mol. The first kappa shape index (κ1) is 15.3. The van der Waals surface area contributed by atoms with Crippen LogP contribution in [0.2, 0.25) is 0 Å². The fraction of sp³-hybridized carbons (Fsp3) is 0.412. The van der Waals surface area contributed by atoms with Crippen LogP contribution in [0.5, 0.6) is 0 Å². The van der Waals surface area contributed by atoms with Crippen molar-refractivity contribution in [3.63, 3.8) is 0 Å². The van der Waals surface area contributed by atoms with Gasteiger partial charge in [0.2, 0.25) is 5.91 Å². The van der Waals surface area contributed by atoms with E-state index in [0.717, 1.165) is 18.5 Å². The number of carbonyl (C=O) groups excluding carboxylic acids is 1. The van der Waals surface area contributed by atoms with Crippen molar-refractivity contribution >= 4 is 11.7 Å². The molecular formula is C17H23N3O. The predicted molar refractivity (Wildman–Crippen MR) is 85.3 cm³/mol. The molecule has 2 N–H and O–H groups in total. The number of nitrogens with one attached hydrogen (secondary N) is 2. The Morgan fingerprint density at radius 1 is 1.24 bits per heavy atom. The highest BCUT2D eigenvalue weighted by molar-refractivity contribution is 5.89. The number of hydrogen-bond acceptors (Lipinski definition) is 2. The van der Waals surface area contributed by atoms with E-state index < -0.39 is 0 Å². The maximum absolute atomic E-state index is 11.9. The summed E-state index contributed by atoms with van der Waals surface area (Å²) in [7, 11) is 0. The van der Waals surface area contributed by atoms with Gasteiger partial charge in [-0.1, -0.05) is 51.1 Å². The third-order valence-corrected chi connectivity index (χ3v) is 3.37. The molecule has 0 atom stereocenters. The minimum absolute atomic E-state index is 0.00326. The largest absolute Gasteiger partial charge is 0.309 e. The first-order valence-electron chi connectivity index (χ1n) is 7.35. The lowest BCUT2D eigenvalue weighted by atomic mass is 9.92. The lowest BCUT2D eigenvalue weighted by Gasteiger charge is -2.14. The summed E-state index contributed by atoms with van der Waals surface area (Å²) in [4.78, 5) is 11.9. The van der Waals surface area contributed by atoms with Gasteiger partial charge in [0.1, 0.15) is 0 Å². The second-order valence-corrected chi connectivity index (χ2v) is 6.30. The molecular weight excluding hydrogens is 262 g/mol. The Kier molecular flexibility index (Phi) is 4.78. The summed E-state index contributed by atoms with van der Waals surface area (Å²) < 4.78 is 0. The van der Waals surface area contributed by atoms with Crippen LogP contribution in [0.25, 0.3) is 0 Å². The number of nitrogens with zero attached hydrogens (tertiary/aromatic N) is 1. The highest BCUT2D eigenvalue weighted by Crippen LogP contribution is 2.21. The number of aromatic nitrogens is 2. The minimum atomic E-state index is 0.00326. The van der Waals surface area contributed by atoms with Crippen molar-refractivity contribution in [2.45, 2.75) is 45.4 Å². The van der Waals surface area contributed by atoms with Crippen LogP contribution < -0.4 is 5.32 Å². The molecule has 4 heteroatoms. The van der Waals surface area contributed by atoms with Gasteiger partial charge in [-0.15, -0.1) is 0 Å². The molecule has 0 aliphatic rings. The molecule has 0 unspecified atom stereocenters. The number of anilines is 1. The third-order valence-electron chi connectivity index (χ3n) is 3.37. The highest BCUT2D eigenvalue weighted by Gasteiger charge is 2.17. The minimum Gasteiger partial charge on any atom is -0.309 e. The molecule has 4 nitrogen and oxygen atoms in total. The van der Waals surface area contributed by atoms with Crippen LogP contribution >= 0.6 is 0 Å². The van der Waals surface area contributed by atoms with Gasteiger partial charge in [-0.05, 0) is 18.4 Å². The zero-order valence-corrected chi connectivity index (χ0v) is 12.9. The van der Waals surface area contributed by atoms with Crippen molar-refractivity contribution < 1.29 is 4.79 Å². The SMILES string of the molecule is CC(C)(C)c1cc(NC(=O)CCCc2ccccc2)n[nH]1. The van der Waals surface area contributed by atoms with E-state index in [-0.39, 0.29) is 11.3 Å². The molecule has 21 heavy (non-hydrogen) atoms. The van der Waals surface area contributed by atoms with Crippen molar-refractivity contribution in [3.8, 4) is 0 Å². The molecule has 2 aromatic rings. The molecule has 112 valence electrons. The number of hydrogen-bond donors (Lipinski definition) is 2. The summed E-state index contributed by atoms with van der Waals surface area (Å²) >= 11 is 0. The van der Waals surface area contributed by atoms with Crippen molar-refractivity contribution in [1.82, 2.24) is 10.2 Å². The molecule has 0 aliphatic heterocycles. The van der Waals surface area contributed by atoms with Crippen LogP contribution in [0.1, 0.15) is 44.9 Å². The number of H-pyrrole nitrogens is 1. The van der Waals surface area contributed by atoms with E-state index in [1.54, 1.807) is 0 Å². The second kappa shape index (κ2) is 6.57. The molecule has 0 radical (unpaired) electrons. The van der Waals surface area contributed by atoms with Gasteiger partial charge in [-0.25, -0.2) is 0 Å². The number of amides is 1. The molecule has 1 aromatic heterocycles. The number of aromatic amines is 1. The van der Waals surface area contributed by atoms with Crippen LogP contribution in [-0.2, 0) is 16.6 Å². The van der Waals surface area contributed by atoms with E-state index >= 15 is 0 Å². The molecule has 0 bridgehead atoms. The van der Waals surface area contributed by atoms with Gasteiger partial charge in [0.25, 0.3) is 0 Å². The highest BCUT2D eigenvalue weighted by atomic mass is 16.1. The Bertz CT molecular complexity index is 582. The lowest BCUT2D eigenvalue weighted by Crippen LogP contribution is -2.12. The summed E-state index contributed by atoms with van der Waals surface area (Å²) in [5, 5.41) is 9.94. The topological polar surface area (TPSA) is 57.8 Å². The maximum Gasteiger partial charge on any atom is 0.225 e. The fourth-order valence-electron chi connectivity index (χ4n) is 2.07. The smallest absolute Gasteiger partial charge is 0.225 e. The normalized spacial score (nSPS) is 11.4. The number of carbonyl (C=O) groups is 1. The van der Waals surface area contributed by atoms with Crippen LogP contribution in [0.15, 0.2) is 36.4 Å². The average molecular weight is 285 g/mol. The van der Waals surface area contributed by atoms with E-state index in [1.807, 2.05) is 24.3 Å². The van der Waals surface area contributed by atoms with Crippen LogP contribution in [0, 0.1) is 0 Å². The fourth-order valence-corrected chi connectivity index (χ4v) is 2.07. The Hall–Kier alpha value is -2.10. The lowest BCUT2D eigenvalue weighted by molar-refractivity contribution is -0.116.